The van der Waals surface area contributed by atoms with Crippen molar-refractivity contribution in [3.05, 3.63) is 53.6 Å². The zero-order valence-electron chi connectivity index (χ0n) is 27.3. The van der Waals surface area contributed by atoms with Crippen molar-refractivity contribution in [3.8, 4) is 0 Å². The molecule has 0 saturated heterocycles. The molecule has 224 valence electrons. The Morgan fingerprint density at radius 2 is 1.59 bits per heavy atom. The predicted molar refractivity (Wildman–Crippen MR) is 170 cm³/mol. The topological polar surface area (TPSA) is 26.3 Å². The van der Waals surface area contributed by atoms with Gasteiger partial charge < -0.3 is 4.74 Å². The molecule has 0 amide bonds. The Morgan fingerprint density at radius 3 is 2.32 bits per heavy atom. The van der Waals surface area contributed by atoms with Crippen molar-refractivity contribution in [2.45, 2.75) is 119 Å². The molecule has 0 aromatic heterocycles. The lowest BCUT2D eigenvalue weighted by molar-refractivity contribution is -0.211. The monoisotopic (exact) mass is 556 g/mol. The number of allylic oxidation sites excluding steroid dienone is 2. The summed E-state index contributed by atoms with van der Waals surface area (Å²) >= 11 is 0. The van der Waals surface area contributed by atoms with Crippen LogP contribution in [0.25, 0.3) is 6.08 Å². The zero-order valence-corrected chi connectivity index (χ0v) is 27.3. The summed E-state index contributed by atoms with van der Waals surface area (Å²) in [6.45, 7) is 20.6. The van der Waals surface area contributed by atoms with Crippen molar-refractivity contribution in [3.63, 3.8) is 0 Å². The minimum absolute atomic E-state index is 0.0249. The van der Waals surface area contributed by atoms with Crippen LogP contribution in [0.5, 0.6) is 0 Å². The van der Waals surface area contributed by atoms with Crippen LogP contribution in [0.2, 0.25) is 0 Å². The Balaban J connectivity index is 1.26. The van der Waals surface area contributed by atoms with Gasteiger partial charge in [0.1, 0.15) is 6.10 Å². The summed E-state index contributed by atoms with van der Waals surface area (Å²) in [6.07, 6.45) is 17.8. The minimum atomic E-state index is -0.199. The Kier molecular flexibility index (Phi) is 7.03. The molecule has 2 nitrogen and oxygen atoms in total. The summed E-state index contributed by atoms with van der Waals surface area (Å²) in [7, 11) is 0. The van der Waals surface area contributed by atoms with Gasteiger partial charge >= 0.3 is 5.97 Å². The van der Waals surface area contributed by atoms with E-state index in [1.807, 2.05) is 42.0 Å². The Hall–Kier alpha value is -1.83. The smallest absolute Gasteiger partial charge is 0.331 e. The largest absolute Gasteiger partial charge is 0.459 e. The van der Waals surface area contributed by atoms with E-state index in [1.165, 1.54) is 44.9 Å². The minimum Gasteiger partial charge on any atom is -0.459 e. The molecular weight excluding hydrogens is 500 g/mol. The van der Waals surface area contributed by atoms with Crippen molar-refractivity contribution >= 4 is 12.0 Å². The number of rotatable bonds is 3. The fourth-order valence-electron chi connectivity index (χ4n) is 11.9. The highest BCUT2D eigenvalue weighted by Crippen LogP contribution is 2.75. The standard InChI is InChI=1S/C39H56O2/c1-26-18-21-36(5)24-25-38(7)29(34(36)27(26)2)15-16-31-37(6)22-20-32(35(3,4)30(37)19-23-39(31,38)8)41-33(40)17-14-28-12-10-9-11-13-28/h9-15,17,26-27,30-32,34H,16,18-25H2,1-8H3/t26-,27-,30+,31-,32-,34+,36-,37-,38-,39+/m0/s1. The third-order valence-electron chi connectivity index (χ3n) is 14.8. The van der Waals surface area contributed by atoms with E-state index < -0.39 is 0 Å². The molecule has 10 atom stereocenters. The zero-order chi connectivity index (χ0) is 29.4. The average Bonchev–Trinajstić information content (AvgIpc) is 2.93. The Morgan fingerprint density at radius 1 is 0.854 bits per heavy atom. The lowest BCUT2D eigenvalue weighted by atomic mass is 9.33. The van der Waals surface area contributed by atoms with E-state index in [9.17, 15) is 4.79 Å². The van der Waals surface area contributed by atoms with Crippen molar-refractivity contribution < 1.29 is 9.53 Å². The molecule has 6 rings (SSSR count). The molecule has 0 spiro atoms. The lowest BCUT2D eigenvalue weighted by Gasteiger charge is -2.71. The Bertz CT molecular complexity index is 1230. The van der Waals surface area contributed by atoms with Gasteiger partial charge in [0.25, 0.3) is 0 Å². The van der Waals surface area contributed by atoms with Crippen LogP contribution in [0.1, 0.15) is 119 Å². The number of hydrogen-bond donors (Lipinski definition) is 0. The molecule has 0 radical (unpaired) electrons. The van der Waals surface area contributed by atoms with Gasteiger partial charge in [-0.3, -0.25) is 0 Å². The first-order chi connectivity index (χ1) is 19.3. The number of carbonyl (C=O) groups excluding carboxylic acids is 1. The van der Waals surface area contributed by atoms with E-state index >= 15 is 0 Å². The van der Waals surface area contributed by atoms with Crippen LogP contribution >= 0.6 is 0 Å². The van der Waals surface area contributed by atoms with Gasteiger partial charge in [0.05, 0.1) is 0 Å². The first-order valence-corrected chi connectivity index (χ1v) is 16.9. The summed E-state index contributed by atoms with van der Waals surface area (Å²) in [5.41, 5.74) is 4.25. The second kappa shape index (κ2) is 9.85. The van der Waals surface area contributed by atoms with Gasteiger partial charge in [-0.2, -0.15) is 0 Å². The van der Waals surface area contributed by atoms with Gasteiger partial charge in [0.2, 0.25) is 0 Å². The van der Waals surface area contributed by atoms with Crippen LogP contribution in [0.15, 0.2) is 48.1 Å². The molecule has 0 aliphatic heterocycles. The summed E-state index contributed by atoms with van der Waals surface area (Å²) < 4.78 is 6.24. The molecule has 2 heteroatoms. The van der Waals surface area contributed by atoms with Crippen molar-refractivity contribution in [1.29, 1.82) is 0 Å². The number of esters is 1. The fourth-order valence-corrected chi connectivity index (χ4v) is 11.9. The third kappa shape index (κ3) is 4.27. The molecule has 5 aliphatic carbocycles. The van der Waals surface area contributed by atoms with Crippen LogP contribution in [-0.4, -0.2) is 12.1 Å². The number of fused-ring (bicyclic) bond motifs is 7. The first kappa shape index (κ1) is 29.3. The van der Waals surface area contributed by atoms with Crippen LogP contribution in [-0.2, 0) is 9.53 Å². The lowest BCUT2D eigenvalue weighted by Crippen LogP contribution is -2.65. The molecule has 0 N–H and O–H groups in total. The SMILES string of the molecule is C[C@H]1[C@@H](C)CC[C@@]2(C)CC[C@@]3(C)C(=CC[C@H]4[C@@]5(C)CC[C@H](OC(=O)C=Cc6ccccc6)C(C)(C)[C@H]5CC[C@]43C)[C@@H]12. The molecule has 0 bridgehead atoms. The molecule has 4 saturated carbocycles. The predicted octanol–water partition coefficient (Wildman–Crippen LogP) is 10.3. The fraction of sp³-hybridized carbons (Fsp3) is 0.718. The van der Waals surface area contributed by atoms with Crippen molar-refractivity contribution in [1.82, 2.24) is 0 Å². The highest BCUT2D eigenvalue weighted by Gasteiger charge is 2.68. The van der Waals surface area contributed by atoms with Crippen LogP contribution in [0, 0.1) is 56.7 Å². The van der Waals surface area contributed by atoms with Gasteiger partial charge in [0.15, 0.2) is 0 Å². The van der Waals surface area contributed by atoms with Gasteiger partial charge in [-0.1, -0.05) is 97.4 Å². The molecule has 1 aromatic rings. The normalized spacial score (nSPS) is 46.9. The number of carbonyl (C=O) groups is 1. The number of hydrogen-bond acceptors (Lipinski definition) is 2. The van der Waals surface area contributed by atoms with Crippen LogP contribution in [0.4, 0.5) is 0 Å². The molecule has 5 aliphatic rings. The quantitative estimate of drug-likeness (QED) is 0.210. The van der Waals surface area contributed by atoms with Crippen LogP contribution < -0.4 is 0 Å². The molecule has 4 fully saturated rings. The van der Waals surface area contributed by atoms with E-state index in [0.717, 1.165) is 36.2 Å². The maximum Gasteiger partial charge on any atom is 0.331 e. The molecule has 41 heavy (non-hydrogen) atoms. The third-order valence-corrected chi connectivity index (χ3v) is 14.8. The molecule has 0 unspecified atom stereocenters. The summed E-state index contributed by atoms with van der Waals surface area (Å²) in [6, 6.07) is 10.0. The Labute approximate surface area is 250 Å². The number of benzene rings is 1. The maximum atomic E-state index is 13.0. The second-order valence-corrected chi connectivity index (χ2v) is 16.8. The van der Waals surface area contributed by atoms with E-state index in [2.05, 4.69) is 61.5 Å². The second-order valence-electron chi connectivity index (χ2n) is 16.8. The van der Waals surface area contributed by atoms with Crippen molar-refractivity contribution in [2.75, 3.05) is 0 Å². The first-order valence-electron chi connectivity index (χ1n) is 16.9. The van der Waals surface area contributed by atoms with Gasteiger partial charge in [-0.15, -0.1) is 0 Å². The van der Waals surface area contributed by atoms with Gasteiger partial charge in [-0.05, 0) is 121 Å². The molecule has 1 aromatic carbocycles. The molecule has 0 heterocycles. The summed E-state index contributed by atoms with van der Waals surface area (Å²) in [5, 5.41) is 0. The average molecular weight is 557 g/mol. The van der Waals surface area contributed by atoms with E-state index in [-0.39, 0.29) is 22.9 Å². The number of ether oxygens (including phenoxy) is 1. The highest BCUT2D eigenvalue weighted by atomic mass is 16.5. The molecular formula is C39H56O2. The van der Waals surface area contributed by atoms with Gasteiger partial charge in [-0.25, -0.2) is 4.79 Å². The van der Waals surface area contributed by atoms with E-state index in [0.29, 0.717) is 28.1 Å². The summed E-state index contributed by atoms with van der Waals surface area (Å²) in [5.74, 6) is 3.43. The van der Waals surface area contributed by atoms with Crippen LogP contribution in [0.3, 0.4) is 0 Å². The summed E-state index contributed by atoms with van der Waals surface area (Å²) in [4.78, 5) is 13.0. The van der Waals surface area contributed by atoms with Crippen molar-refractivity contribution in [2.24, 2.45) is 56.7 Å². The van der Waals surface area contributed by atoms with E-state index in [1.54, 1.807) is 6.08 Å². The van der Waals surface area contributed by atoms with E-state index in [4.69, 9.17) is 4.74 Å². The highest BCUT2D eigenvalue weighted by molar-refractivity contribution is 5.87. The maximum absolute atomic E-state index is 13.0. The van der Waals surface area contributed by atoms with Gasteiger partial charge in [0, 0.05) is 11.5 Å².